The molecule has 0 aromatic carbocycles. The van der Waals surface area contributed by atoms with Crippen molar-refractivity contribution in [1.82, 2.24) is 9.88 Å². The summed E-state index contributed by atoms with van der Waals surface area (Å²) in [5.41, 5.74) is 0.768. The Hall–Kier alpha value is -1.62. The summed E-state index contributed by atoms with van der Waals surface area (Å²) in [7, 11) is 1.80. The van der Waals surface area contributed by atoms with E-state index in [0.29, 0.717) is 18.9 Å². The van der Waals surface area contributed by atoms with Crippen LogP contribution in [0.3, 0.4) is 0 Å². The molecule has 0 unspecified atom stereocenters. The molecule has 1 fully saturated rings. The lowest BCUT2D eigenvalue weighted by Crippen LogP contribution is -2.49. The first kappa shape index (κ1) is 11.9. The van der Waals surface area contributed by atoms with E-state index in [1.807, 2.05) is 11.0 Å². The monoisotopic (exact) mass is 235 g/mol. The van der Waals surface area contributed by atoms with E-state index in [1.54, 1.807) is 31.1 Å². The van der Waals surface area contributed by atoms with Gasteiger partial charge in [-0.05, 0) is 13.0 Å². The van der Waals surface area contributed by atoms with Crippen LogP contribution in [-0.2, 0) is 4.79 Å². The summed E-state index contributed by atoms with van der Waals surface area (Å²) in [5, 5.41) is 9.69. The predicted octanol–water partition coefficient (Wildman–Crippen LogP) is 0.413. The van der Waals surface area contributed by atoms with E-state index in [-0.39, 0.29) is 5.91 Å². The fourth-order valence-electron chi connectivity index (χ4n) is 1.94. The zero-order valence-electron chi connectivity index (χ0n) is 10.1. The first-order valence-electron chi connectivity index (χ1n) is 5.71. The molecule has 1 amide bonds. The van der Waals surface area contributed by atoms with Gasteiger partial charge in [-0.25, -0.2) is 4.98 Å². The van der Waals surface area contributed by atoms with Gasteiger partial charge in [0.15, 0.2) is 0 Å². The average molecular weight is 235 g/mol. The molecule has 2 rings (SSSR count). The summed E-state index contributed by atoms with van der Waals surface area (Å²) in [6.07, 6.45) is 1.11. The van der Waals surface area contributed by atoms with Gasteiger partial charge in [0.1, 0.15) is 5.82 Å². The highest BCUT2D eigenvalue weighted by Crippen LogP contribution is 2.24. The van der Waals surface area contributed by atoms with E-state index in [2.05, 4.69) is 4.98 Å². The lowest BCUT2D eigenvalue weighted by atomic mass is 10.1. The van der Waals surface area contributed by atoms with Crippen LogP contribution in [0.5, 0.6) is 0 Å². The van der Waals surface area contributed by atoms with Gasteiger partial charge < -0.3 is 14.9 Å². The van der Waals surface area contributed by atoms with Crippen LogP contribution in [0.1, 0.15) is 18.6 Å². The fourth-order valence-corrected chi connectivity index (χ4v) is 1.94. The van der Waals surface area contributed by atoms with Gasteiger partial charge in [0, 0.05) is 31.9 Å². The number of hydrogen-bond acceptors (Lipinski definition) is 4. The summed E-state index contributed by atoms with van der Waals surface area (Å²) in [6.45, 7) is 3.47. The quantitative estimate of drug-likeness (QED) is 0.807. The molecule has 1 aliphatic heterocycles. The summed E-state index contributed by atoms with van der Waals surface area (Å²) < 4.78 is 0. The number of likely N-dealkylation sites (N-methyl/N-ethyl adjacent to an activating group) is 1. The van der Waals surface area contributed by atoms with Crippen molar-refractivity contribution in [3.63, 3.8) is 0 Å². The van der Waals surface area contributed by atoms with Gasteiger partial charge in [-0.1, -0.05) is 6.07 Å². The van der Waals surface area contributed by atoms with Gasteiger partial charge in [0.2, 0.25) is 5.91 Å². The Kier molecular flexibility index (Phi) is 3.28. The van der Waals surface area contributed by atoms with Crippen molar-refractivity contribution in [2.75, 3.05) is 31.6 Å². The molecular weight excluding hydrogens is 218 g/mol. The van der Waals surface area contributed by atoms with Gasteiger partial charge in [0.25, 0.3) is 0 Å². The number of amides is 1. The maximum atomic E-state index is 11.7. The molecule has 1 aromatic heterocycles. The number of carbonyl (C=O) groups excluding carboxylic acids is 1. The lowest BCUT2D eigenvalue weighted by Gasteiger charge is -2.34. The van der Waals surface area contributed by atoms with Crippen LogP contribution >= 0.6 is 0 Å². The maximum Gasteiger partial charge on any atom is 0.241 e. The molecule has 0 aliphatic carbocycles. The second kappa shape index (κ2) is 4.71. The maximum absolute atomic E-state index is 11.7. The molecule has 1 aliphatic rings. The van der Waals surface area contributed by atoms with E-state index in [1.165, 1.54) is 0 Å². The molecule has 1 atom stereocenters. The van der Waals surface area contributed by atoms with Gasteiger partial charge in [-0.15, -0.1) is 0 Å². The normalized spacial score (nSPS) is 18.4. The van der Waals surface area contributed by atoms with E-state index in [9.17, 15) is 9.90 Å². The van der Waals surface area contributed by atoms with Crippen molar-refractivity contribution in [2.45, 2.75) is 13.0 Å². The number of rotatable bonds is 2. The van der Waals surface area contributed by atoms with Crippen molar-refractivity contribution >= 4 is 11.7 Å². The molecule has 0 spiro atoms. The van der Waals surface area contributed by atoms with Crippen molar-refractivity contribution in [3.8, 4) is 0 Å². The number of nitrogens with zero attached hydrogens (tertiary/aromatic N) is 3. The highest BCUT2D eigenvalue weighted by Gasteiger charge is 2.24. The first-order valence-corrected chi connectivity index (χ1v) is 5.71. The third-order valence-corrected chi connectivity index (χ3v) is 3.02. The molecule has 0 bridgehead atoms. The number of carbonyl (C=O) groups is 1. The minimum Gasteiger partial charge on any atom is -0.389 e. The fraction of sp³-hybridized carbons (Fsp3) is 0.500. The highest BCUT2D eigenvalue weighted by atomic mass is 16.3. The summed E-state index contributed by atoms with van der Waals surface area (Å²) in [4.78, 5) is 19.6. The Morgan fingerprint density at radius 2 is 2.24 bits per heavy atom. The van der Waals surface area contributed by atoms with Crippen LogP contribution in [0.2, 0.25) is 0 Å². The van der Waals surface area contributed by atoms with Crippen LogP contribution in [-0.4, -0.2) is 47.6 Å². The Morgan fingerprint density at radius 1 is 1.47 bits per heavy atom. The number of aromatic nitrogens is 1. The zero-order valence-corrected chi connectivity index (χ0v) is 10.1. The molecule has 2 heterocycles. The van der Waals surface area contributed by atoms with E-state index in [4.69, 9.17) is 0 Å². The highest BCUT2D eigenvalue weighted by molar-refractivity contribution is 5.82. The number of anilines is 1. The molecule has 0 radical (unpaired) electrons. The van der Waals surface area contributed by atoms with Gasteiger partial charge in [-0.2, -0.15) is 0 Å². The summed E-state index contributed by atoms with van der Waals surface area (Å²) in [6, 6.07) is 3.64. The third-order valence-electron chi connectivity index (χ3n) is 3.02. The molecule has 1 N–H and O–H groups in total. The number of piperazine rings is 1. The van der Waals surface area contributed by atoms with Crippen molar-refractivity contribution < 1.29 is 9.90 Å². The average Bonchev–Trinajstić information content (AvgIpc) is 2.32. The van der Waals surface area contributed by atoms with Gasteiger partial charge >= 0.3 is 0 Å². The minimum absolute atomic E-state index is 0.0819. The molecule has 1 aromatic rings. The Labute approximate surface area is 101 Å². The predicted molar refractivity (Wildman–Crippen MR) is 64.7 cm³/mol. The van der Waals surface area contributed by atoms with E-state index < -0.39 is 6.10 Å². The number of aliphatic hydroxyl groups excluding tert-OH is 1. The third kappa shape index (κ3) is 2.39. The largest absolute Gasteiger partial charge is 0.389 e. The number of hydrogen-bond donors (Lipinski definition) is 1. The second-order valence-corrected chi connectivity index (χ2v) is 4.33. The topological polar surface area (TPSA) is 56.7 Å². The van der Waals surface area contributed by atoms with Crippen LogP contribution in [0.15, 0.2) is 18.3 Å². The van der Waals surface area contributed by atoms with Crippen LogP contribution in [0.25, 0.3) is 0 Å². The van der Waals surface area contributed by atoms with E-state index in [0.717, 1.165) is 12.1 Å². The Morgan fingerprint density at radius 3 is 2.88 bits per heavy atom. The SMILES string of the molecule is C[C@@H](O)c1cccnc1N1CCN(C)C(=O)C1. The van der Waals surface area contributed by atoms with Gasteiger partial charge in [-0.3, -0.25) is 4.79 Å². The van der Waals surface area contributed by atoms with Crippen LogP contribution in [0, 0.1) is 0 Å². The Balaban J connectivity index is 2.25. The summed E-state index contributed by atoms with van der Waals surface area (Å²) in [5.74, 6) is 0.794. The molecule has 5 heteroatoms. The van der Waals surface area contributed by atoms with Crippen molar-refractivity contribution in [3.05, 3.63) is 23.9 Å². The second-order valence-electron chi connectivity index (χ2n) is 4.33. The van der Waals surface area contributed by atoms with Gasteiger partial charge in [0.05, 0.1) is 12.6 Å². The van der Waals surface area contributed by atoms with Crippen molar-refractivity contribution in [2.24, 2.45) is 0 Å². The molecule has 0 saturated carbocycles. The lowest BCUT2D eigenvalue weighted by molar-refractivity contribution is -0.129. The van der Waals surface area contributed by atoms with E-state index >= 15 is 0 Å². The Bertz CT molecular complexity index is 420. The van der Waals surface area contributed by atoms with Crippen LogP contribution in [0.4, 0.5) is 5.82 Å². The molecule has 92 valence electrons. The molecule has 17 heavy (non-hydrogen) atoms. The standard InChI is InChI=1S/C12H17N3O2/c1-9(16)10-4-3-5-13-12(10)15-7-6-14(2)11(17)8-15/h3-5,9,16H,6-8H2,1-2H3/t9-/m1/s1. The van der Waals surface area contributed by atoms with Crippen molar-refractivity contribution in [1.29, 1.82) is 0 Å². The number of pyridine rings is 1. The molecule has 1 saturated heterocycles. The summed E-state index contributed by atoms with van der Waals surface area (Å²) >= 11 is 0. The minimum atomic E-state index is -0.576. The zero-order chi connectivity index (χ0) is 12.4. The number of aliphatic hydroxyl groups is 1. The molecular formula is C12H17N3O2. The smallest absolute Gasteiger partial charge is 0.241 e. The van der Waals surface area contributed by atoms with Crippen LogP contribution < -0.4 is 4.90 Å². The first-order chi connectivity index (χ1) is 8.09. The molecule has 5 nitrogen and oxygen atoms in total.